The average molecular weight is 580 g/mol. The molecule has 0 aliphatic carbocycles. The molecule has 9 nitrogen and oxygen atoms in total. The highest BCUT2D eigenvalue weighted by Crippen LogP contribution is 2.23. The third kappa shape index (κ3) is 10.3. The first-order chi connectivity index (χ1) is 18.9. The largest absolute Gasteiger partial charge is 0.353 e. The van der Waals surface area contributed by atoms with Crippen LogP contribution in [-0.2, 0) is 43.5 Å². The van der Waals surface area contributed by atoms with Gasteiger partial charge in [-0.1, -0.05) is 37.0 Å². The second-order valence-electron chi connectivity index (χ2n) is 9.54. The Morgan fingerprint density at radius 1 is 1.00 bits per heavy atom. The summed E-state index contributed by atoms with van der Waals surface area (Å²) in [7, 11) is 0. The summed E-state index contributed by atoms with van der Waals surface area (Å²) in [5.41, 5.74) is 2.49. The molecule has 0 aromatic carbocycles. The lowest BCUT2D eigenvalue weighted by Gasteiger charge is -2.23. The highest BCUT2D eigenvalue weighted by Gasteiger charge is 2.18. The van der Waals surface area contributed by atoms with Gasteiger partial charge in [0.2, 0.25) is 5.91 Å². The topological polar surface area (TPSA) is 116 Å². The molecule has 2 unspecified atom stereocenters. The van der Waals surface area contributed by atoms with Crippen molar-refractivity contribution in [3.05, 3.63) is 57.1 Å². The molecule has 2 aliphatic rings. The molecule has 0 spiro atoms. The smallest absolute Gasteiger partial charge is 0.222 e. The lowest BCUT2D eigenvalue weighted by molar-refractivity contribution is -0.169. The molecule has 0 bridgehead atoms. The SMILES string of the molecule is CC(C)C(=O)NCc1nccc(Cl)c1COC1CCCCO1.N#Cc1nccc(Cl)c1COC1CCCCO1. The molecule has 212 valence electrons. The molecule has 0 radical (unpaired) electrons. The van der Waals surface area contributed by atoms with Crippen molar-refractivity contribution in [2.24, 2.45) is 5.92 Å². The Kier molecular flexibility index (Phi) is 13.4. The number of rotatable bonds is 9. The van der Waals surface area contributed by atoms with Crippen molar-refractivity contribution in [3.8, 4) is 6.07 Å². The number of nitrogens with one attached hydrogen (secondary N) is 1. The molecule has 2 atom stereocenters. The van der Waals surface area contributed by atoms with Crippen molar-refractivity contribution < 1.29 is 23.7 Å². The van der Waals surface area contributed by atoms with Crippen molar-refractivity contribution >= 4 is 29.1 Å². The first-order valence-corrected chi connectivity index (χ1v) is 14.0. The first kappa shape index (κ1) is 31.2. The van der Waals surface area contributed by atoms with Crippen LogP contribution in [0, 0.1) is 17.2 Å². The summed E-state index contributed by atoms with van der Waals surface area (Å²) in [5, 5.41) is 12.9. The van der Waals surface area contributed by atoms with Crippen molar-refractivity contribution in [2.75, 3.05) is 13.2 Å². The molecule has 1 N–H and O–H groups in total. The van der Waals surface area contributed by atoms with E-state index in [0.29, 0.717) is 34.5 Å². The molecule has 2 aromatic rings. The van der Waals surface area contributed by atoms with Crippen molar-refractivity contribution in [1.82, 2.24) is 15.3 Å². The van der Waals surface area contributed by atoms with E-state index in [0.717, 1.165) is 63.0 Å². The summed E-state index contributed by atoms with van der Waals surface area (Å²) < 4.78 is 22.4. The molecule has 0 saturated carbocycles. The predicted molar refractivity (Wildman–Crippen MR) is 147 cm³/mol. The molecule has 2 aromatic heterocycles. The fourth-order valence-electron chi connectivity index (χ4n) is 3.93. The third-order valence-corrected chi connectivity index (χ3v) is 6.96. The quantitative estimate of drug-likeness (QED) is 0.402. The maximum atomic E-state index is 11.7. The van der Waals surface area contributed by atoms with E-state index in [9.17, 15) is 4.79 Å². The van der Waals surface area contributed by atoms with Gasteiger partial charge in [0.05, 0.1) is 30.5 Å². The Morgan fingerprint density at radius 2 is 1.56 bits per heavy atom. The monoisotopic (exact) mass is 578 g/mol. The zero-order chi connectivity index (χ0) is 28.0. The zero-order valence-electron chi connectivity index (χ0n) is 22.5. The standard InChI is InChI=1S/C16H23ClN2O3.C12H13ClN2O2/c1-11(2)16(20)19-9-14-12(13(17)6-7-18-14)10-22-15-5-3-4-8-21-15;13-10-4-5-15-11(7-14)9(10)8-17-12-3-1-2-6-16-12/h6-7,11,15H,3-5,8-10H2,1-2H3,(H,19,20);4-5,12H,1-3,6,8H2. The third-order valence-electron chi connectivity index (χ3n) is 6.25. The summed E-state index contributed by atoms with van der Waals surface area (Å²) in [4.78, 5) is 20.0. The lowest BCUT2D eigenvalue weighted by Crippen LogP contribution is -2.28. The van der Waals surface area contributed by atoms with Gasteiger partial charge in [-0.3, -0.25) is 9.78 Å². The lowest BCUT2D eigenvalue weighted by atomic mass is 10.1. The van der Waals surface area contributed by atoms with Crippen molar-refractivity contribution in [2.45, 2.75) is 84.7 Å². The number of carbonyl (C=O) groups excluding carboxylic acids is 1. The number of nitriles is 1. The van der Waals surface area contributed by atoms with Crippen LogP contribution in [0.2, 0.25) is 10.0 Å². The molecule has 39 heavy (non-hydrogen) atoms. The number of hydrogen-bond acceptors (Lipinski definition) is 8. The first-order valence-electron chi connectivity index (χ1n) is 13.3. The van der Waals surface area contributed by atoms with E-state index in [2.05, 4.69) is 15.3 Å². The summed E-state index contributed by atoms with van der Waals surface area (Å²) in [5.74, 6) is -0.0706. The van der Waals surface area contributed by atoms with Crippen LogP contribution < -0.4 is 5.32 Å². The molecular weight excluding hydrogens is 543 g/mol. The van der Waals surface area contributed by atoms with Crippen LogP contribution in [0.4, 0.5) is 0 Å². The molecule has 2 saturated heterocycles. The van der Waals surface area contributed by atoms with E-state index in [-0.39, 0.29) is 31.0 Å². The van der Waals surface area contributed by atoms with E-state index in [1.165, 1.54) is 6.20 Å². The number of pyridine rings is 2. The highest BCUT2D eigenvalue weighted by atomic mass is 35.5. The van der Waals surface area contributed by atoms with Crippen LogP contribution in [0.3, 0.4) is 0 Å². The van der Waals surface area contributed by atoms with E-state index >= 15 is 0 Å². The number of aromatic nitrogens is 2. The number of hydrogen-bond donors (Lipinski definition) is 1. The van der Waals surface area contributed by atoms with Gasteiger partial charge in [-0.2, -0.15) is 5.26 Å². The fourth-order valence-corrected chi connectivity index (χ4v) is 4.35. The predicted octanol–water partition coefficient (Wildman–Crippen LogP) is 5.70. The Bertz CT molecular complexity index is 1100. The Morgan fingerprint density at radius 3 is 2.10 bits per heavy atom. The van der Waals surface area contributed by atoms with Crippen LogP contribution in [-0.4, -0.2) is 41.7 Å². The second kappa shape index (κ2) is 16.7. The molecule has 2 fully saturated rings. The minimum absolute atomic E-state index is 0.00995. The Labute approximate surface area is 240 Å². The Balaban J connectivity index is 0.000000223. The number of carbonyl (C=O) groups is 1. The normalized spacial score (nSPS) is 19.1. The van der Waals surface area contributed by atoms with Crippen LogP contribution >= 0.6 is 23.2 Å². The number of nitrogens with zero attached hydrogens (tertiary/aromatic N) is 3. The van der Waals surface area contributed by atoms with Gasteiger partial charge < -0.3 is 24.3 Å². The van der Waals surface area contributed by atoms with E-state index in [4.69, 9.17) is 47.4 Å². The molecule has 4 rings (SSSR count). The average Bonchev–Trinajstić information content (AvgIpc) is 2.96. The number of ether oxygens (including phenoxy) is 4. The summed E-state index contributed by atoms with van der Waals surface area (Å²) in [6.45, 7) is 6.13. The maximum Gasteiger partial charge on any atom is 0.222 e. The zero-order valence-corrected chi connectivity index (χ0v) is 24.0. The van der Waals surface area contributed by atoms with Gasteiger partial charge in [0, 0.05) is 47.7 Å². The van der Waals surface area contributed by atoms with Crippen LogP contribution in [0.15, 0.2) is 24.5 Å². The summed E-state index contributed by atoms with van der Waals surface area (Å²) >= 11 is 12.3. The van der Waals surface area contributed by atoms with Crippen molar-refractivity contribution in [3.63, 3.8) is 0 Å². The minimum atomic E-state index is -0.188. The molecule has 2 aliphatic heterocycles. The van der Waals surface area contributed by atoms with E-state index < -0.39 is 0 Å². The van der Waals surface area contributed by atoms with E-state index in [1.54, 1.807) is 18.3 Å². The van der Waals surface area contributed by atoms with Gasteiger partial charge in [-0.15, -0.1) is 0 Å². The number of amides is 1. The maximum absolute atomic E-state index is 11.7. The fraction of sp³-hybridized carbons (Fsp3) is 0.571. The summed E-state index contributed by atoms with van der Waals surface area (Å²) in [6.07, 6.45) is 8.96. The van der Waals surface area contributed by atoms with Gasteiger partial charge in [-0.05, 0) is 50.7 Å². The van der Waals surface area contributed by atoms with Crippen LogP contribution in [0.5, 0.6) is 0 Å². The molecule has 1 amide bonds. The van der Waals surface area contributed by atoms with Crippen LogP contribution in [0.1, 0.15) is 74.9 Å². The van der Waals surface area contributed by atoms with E-state index in [1.807, 2.05) is 19.9 Å². The van der Waals surface area contributed by atoms with Gasteiger partial charge >= 0.3 is 0 Å². The molecule has 4 heterocycles. The van der Waals surface area contributed by atoms with Gasteiger partial charge in [0.1, 0.15) is 11.8 Å². The van der Waals surface area contributed by atoms with Crippen LogP contribution in [0.25, 0.3) is 0 Å². The van der Waals surface area contributed by atoms with Crippen molar-refractivity contribution in [1.29, 1.82) is 5.26 Å². The second-order valence-corrected chi connectivity index (χ2v) is 10.4. The molecule has 11 heteroatoms. The van der Waals surface area contributed by atoms with Gasteiger partial charge in [-0.25, -0.2) is 4.98 Å². The number of halogens is 2. The highest BCUT2D eigenvalue weighted by molar-refractivity contribution is 6.31. The summed E-state index contributed by atoms with van der Waals surface area (Å²) in [6, 6.07) is 5.40. The minimum Gasteiger partial charge on any atom is -0.353 e. The van der Waals surface area contributed by atoms with Gasteiger partial charge in [0.25, 0.3) is 0 Å². The molecular formula is C28H36Cl2N4O5. The Hall–Kier alpha value is -2.32. The van der Waals surface area contributed by atoms with Gasteiger partial charge in [0.15, 0.2) is 12.6 Å².